The summed E-state index contributed by atoms with van der Waals surface area (Å²) in [5, 5.41) is 3.24. The Bertz CT molecular complexity index is 1180. The van der Waals surface area contributed by atoms with E-state index in [1.165, 1.54) is 18.4 Å². The second-order valence-corrected chi connectivity index (χ2v) is 7.40. The molecule has 2 aromatic carbocycles. The van der Waals surface area contributed by atoms with Gasteiger partial charge in [0, 0.05) is 0 Å². The molecule has 0 aliphatic rings. The third kappa shape index (κ3) is 3.90. The van der Waals surface area contributed by atoms with Crippen molar-refractivity contribution >= 4 is 39.3 Å². The number of aromatic nitrogens is 1. The highest BCUT2D eigenvalue weighted by molar-refractivity contribution is 7.21. The molecule has 0 aliphatic heterocycles. The van der Waals surface area contributed by atoms with E-state index in [9.17, 15) is 9.59 Å². The minimum absolute atomic E-state index is 0.133. The Morgan fingerprint density at radius 2 is 1.83 bits per heavy atom. The first-order valence-electron chi connectivity index (χ1n) is 9.12. The molecule has 1 N–H and O–H groups in total. The topological polar surface area (TPSA) is 90.7 Å². The third-order valence-corrected chi connectivity index (χ3v) is 5.40. The number of anilines is 1. The van der Waals surface area contributed by atoms with Crippen LogP contribution < -0.4 is 10.1 Å². The van der Waals surface area contributed by atoms with E-state index in [0.29, 0.717) is 22.1 Å². The van der Waals surface area contributed by atoms with Crippen LogP contribution in [0.1, 0.15) is 16.1 Å². The molecule has 0 saturated heterocycles. The first-order chi connectivity index (χ1) is 14.6. The highest BCUT2D eigenvalue weighted by atomic mass is 32.1. The Hall–Kier alpha value is -3.65. The smallest absolute Gasteiger partial charge is 0.342 e. The molecule has 0 saturated carbocycles. The molecule has 8 heteroatoms. The van der Waals surface area contributed by atoms with Crippen LogP contribution in [-0.4, -0.2) is 30.6 Å². The van der Waals surface area contributed by atoms with E-state index in [2.05, 4.69) is 10.3 Å². The maximum absolute atomic E-state index is 12.5. The van der Waals surface area contributed by atoms with Crippen LogP contribution in [-0.2, 0) is 9.53 Å². The van der Waals surface area contributed by atoms with E-state index >= 15 is 0 Å². The highest BCUT2D eigenvalue weighted by Crippen LogP contribution is 2.40. The number of benzene rings is 2. The van der Waals surface area contributed by atoms with Gasteiger partial charge in [0.15, 0.2) is 6.61 Å². The van der Waals surface area contributed by atoms with Crippen molar-refractivity contribution in [3.05, 3.63) is 65.9 Å². The van der Waals surface area contributed by atoms with Gasteiger partial charge in [0.1, 0.15) is 22.1 Å². The molecule has 30 heavy (non-hydrogen) atoms. The van der Waals surface area contributed by atoms with Crippen LogP contribution in [0.5, 0.6) is 5.75 Å². The van der Waals surface area contributed by atoms with E-state index in [1.807, 2.05) is 42.5 Å². The first kappa shape index (κ1) is 19.7. The number of amides is 1. The fraction of sp³-hybridized carbons (Fsp3) is 0.136. The number of hydrogen-bond acceptors (Lipinski definition) is 7. The Morgan fingerprint density at radius 1 is 1.10 bits per heavy atom. The maximum atomic E-state index is 12.5. The zero-order valence-corrected chi connectivity index (χ0v) is 17.1. The van der Waals surface area contributed by atoms with Gasteiger partial charge >= 0.3 is 5.97 Å². The van der Waals surface area contributed by atoms with Gasteiger partial charge in [0.25, 0.3) is 5.91 Å². The van der Waals surface area contributed by atoms with Gasteiger partial charge in [-0.25, -0.2) is 9.78 Å². The van der Waals surface area contributed by atoms with E-state index in [-0.39, 0.29) is 18.1 Å². The number of ether oxygens (including phenoxy) is 2. The lowest BCUT2D eigenvalue weighted by Crippen LogP contribution is -2.20. The summed E-state index contributed by atoms with van der Waals surface area (Å²) >= 11 is 1.40. The maximum Gasteiger partial charge on any atom is 0.342 e. The summed E-state index contributed by atoms with van der Waals surface area (Å²) in [7, 11) is 1.29. The molecular formula is C22H18N2O5S. The van der Waals surface area contributed by atoms with Crippen LogP contribution in [0.2, 0.25) is 0 Å². The minimum Gasteiger partial charge on any atom is -0.484 e. The van der Waals surface area contributed by atoms with E-state index in [0.717, 1.165) is 10.2 Å². The van der Waals surface area contributed by atoms with Crippen molar-refractivity contribution in [2.45, 2.75) is 6.92 Å². The molecule has 2 heterocycles. The third-order valence-electron chi connectivity index (χ3n) is 4.35. The molecule has 7 nitrogen and oxygen atoms in total. The van der Waals surface area contributed by atoms with Crippen LogP contribution >= 0.6 is 11.3 Å². The quantitative estimate of drug-likeness (QED) is 0.454. The molecule has 0 fully saturated rings. The fourth-order valence-electron chi connectivity index (χ4n) is 2.99. The van der Waals surface area contributed by atoms with Crippen molar-refractivity contribution in [1.29, 1.82) is 0 Å². The predicted octanol–water partition coefficient (Wildman–Crippen LogP) is 4.67. The number of nitrogens with zero attached hydrogens (tertiary/aromatic N) is 1. The highest BCUT2D eigenvalue weighted by Gasteiger charge is 2.28. The van der Waals surface area contributed by atoms with Gasteiger partial charge in [0.2, 0.25) is 5.88 Å². The Kier molecular flexibility index (Phi) is 5.49. The van der Waals surface area contributed by atoms with Crippen molar-refractivity contribution in [2.75, 3.05) is 19.0 Å². The fourth-order valence-corrected chi connectivity index (χ4v) is 4.01. The molecule has 0 spiro atoms. The summed E-state index contributed by atoms with van der Waals surface area (Å²) in [5.74, 6) is 0.0480. The Morgan fingerprint density at radius 3 is 2.57 bits per heavy atom. The standard InChI is InChI=1S/C22H18N2O5S/c1-13-18(22(26)27-2)19(21-23-15-10-6-7-11-16(15)30-21)20(29-13)24-17(25)12-28-14-8-4-3-5-9-14/h3-11H,12H2,1-2H3,(H,24,25). The number of carbonyl (C=O) groups is 2. The monoisotopic (exact) mass is 422 g/mol. The predicted molar refractivity (Wildman–Crippen MR) is 114 cm³/mol. The molecule has 0 aliphatic carbocycles. The lowest BCUT2D eigenvalue weighted by Gasteiger charge is -2.07. The summed E-state index contributed by atoms with van der Waals surface area (Å²) in [6.45, 7) is 1.43. The first-order valence-corrected chi connectivity index (χ1v) is 9.94. The van der Waals surface area contributed by atoms with Gasteiger partial charge in [-0.1, -0.05) is 30.3 Å². The number of para-hydroxylation sites is 2. The second-order valence-electron chi connectivity index (χ2n) is 6.37. The molecular weight excluding hydrogens is 404 g/mol. The number of rotatable bonds is 6. The summed E-state index contributed by atoms with van der Waals surface area (Å²) in [5.41, 5.74) is 1.42. The van der Waals surface area contributed by atoms with Crippen molar-refractivity contribution in [3.63, 3.8) is 0 Å². The van der Waals surface area contributed by atoms with Gasteiger partial charge in [-0.15, -0.1) is 11.3 Å². The van der Waals surface area contributed by atoms with Crippen molar-refractivity contribution in [1.82, 2.24) is 4.98 Å². The van der Waals surface area contributed by atoms with Crippen LogP contribution in [0.25, 0.3) is 20.8 Å². The molecule has 0 atom stereocenters. The van der Waals surface area contributed by atoms with Gasteiger partial charge in [0.05, 0.1) is 22.9 Å². The van der Waals surface area contributed by atoms with Crippen molar-refractivity contribution in [3.8, 4) is 16.3 Å². The van der Waals surface area contributed by atoms with Crippen LogP contribution in [0.15, 0.2) is 59.0 Å². The summed E-state index contributed by atoms with van der Waals surface area (Å²) in [4.78, 5) is 29.5. The summed E-state index contributed by atoms with van der Waals surface area (Å²) < 4.78 is 17.1. The van der Waals surface area contributed by atoms with Crippen LogP contribution in [0, 0.1) is 6.92 Å². The lowest BCUT2D eigenvalue weighted by molar-refractivity contribution is -0.118. The number of nitrogens with one attached hydrogen (secondary N) is 1. The molecule has 0 bridgehead atoms. The number of hydrogen-bond donors (Lipinski definition) is 1. The van der Waals surface area contributed by atoms with Crippen LogP contribution in [0.4, 0.5) is 5.88 Å². The molecule has 0 unspecified atom stereocenters. The van der Waals surface area contributed by atoms with E-state index in [4.69, 9.17) is 13.9 Å². The van der Waals surface area contributed by atoms with Gasteiger partial charge in [-0.2, -0.15) is 0 Å². The number of fused-ring (bicyclic) bond motifs is 1. The average Bonchev–Trinajstić information content (AvgIpc) is 3.32. The van der Waals surface area contributed by atoms with Gasteiger partial charge < -0.3 is 13.9 Å². The number of thiazole rings is 1. The van der Waals surface area contributed by atoms with Crippen LogP contribution in [0.3, 0.4) is 0 Å². The number of methoxy groups -OCH3 is 1. The normalized spacial score (nSPS) is 10.7. The minimum atomic E-state index is -0.563. The zero-order chi connectivity index (χ0) is 21.1. The summed E-state index contributed by atoms with van der Waals surface area (Å²) in [6, 6.07) is 16.6. The van der Waals surface area contributed by atoms with Crippen molar-refractivity contribution < 1.29 is 23.5 Å². The number of esters is 1. The average molecular weight is 422 g/mol. The molecule has 4 rings (SSSR count). The lowest BCUT2D eigenvalue weighted by atomic mass is 10.1. The molecule has 1 amide bonds. The zero-order valence-electron chi connectivity index (χ0n) is 16.3. The van der Waals surface area contributed by atoms with Crippen molar-refractivity contribution in [2.24, 2.45) is 0 Å². The molecule has 4 aromatic rings. The second kappa shape index (κ2) is 8.38. The number of aryl methyl sites for hydroxylation is 1. The van der Waals surface area contributed by atoms with E-state index in [1.54, 1.807) is 19.1 Å². The van der Waals surface area contributed by atoms with E-state index < -0.39 is 11.9 Å². The van der Waals surface area contributed by atoms with Gasteiger partial charge in [-0.3, -0.25) is 10.1 Å². The Labute approximate surface area is 176 Å². The molecule has 152 valence electrons. The summed E-state index contributed by atoms with van der Waals surface area (Å²) in [6.07, 6.45) is 0. The SMILES string of the molecule is COC(=O)c1c(C)oc(NC(=O)COc2ccccc2)c1-c1nc2ccccc2s1. The number of carbonyl (C=O) groups excluding carboxylic acids is 2. The number of furan rings is 1. The molecule has 2 aromatic heterocycles. The largest absolute Gasteiger partial charge is 0.484 e. The van der Waals surface area contributed by atoms with Gasteiger partial charge in [-0.05, 0) is 31.2 Å². The molecule has 0 radical (unpaired) electrons. The Balaban J connectivity index is 1.67.